The van der Waals surface area contributed by atoms with E-state index in [9.17, 15) is 18.0 Å². The number of hydrogen-bond acceptors (Lipinski definition) is 2. The molecule has 1 aromatic carbocycles. The van der Waals surface area contributed by atoms with Gasteiger partial charge in [-0.2, -0.15) is 18.4 Å². The van der Waals surface area contributed by atoms with Gasteiger partial charge in [-0.05, 0) is 17.7 Å². The molecule has 0 unspecified atom stereocenters. The Hall–Kier alpha value is -1.83. The van der Waals surface area contributed by atoms with Crippen molar-refractivity contribution in [2.75, 3.05) is 0 Å². The number of alkyl halides is 3. The van der Waals surface area contributed by atoms with Crippen LogP contribution in [-0.2, 0) is 11.0 Å². The van der Waals surface area contributed by atoms with Crippen LogP contribution >= 0.6 is 0 Å². The molecule has 0 aromatic heterocycles. The lowest BCUT2D eigenvalue weighted by atomic mass is 9.94. The molecular formula is C12H10F3NO. The van der Waals surface area contributed by atoms with Crippen molar-refractivity contribution in [2.45, 2.75) is 25.4 Å². The van der Waals surface area contributed by atoms with E-state index in [0.717, 1.165) is 12.1 Å². The number of carbonyl (C=O) groups excluding carboxylic acids is 1. The smallest absolute Gasteiger partial charge is 0.298 e. The van der Waals surface area contributed by atoms with E-state index < -0.39 is 17.7 Å². The molecule has 0 aliphatic carbocycles. The molecule has 0 aliphatic rings. The van der Waals surface area contributed by atoms with Gasteiger partial charge in [0.1, 0.15) is 5.92 Å². The first-order valence-corrected chi connectivity index (χ1v) is 4.99. The number of carbonyl (C=O) groups is 1. The number of rotatable bonds is 3. The molecule has 0 aliphatic heterocycles. The molecule has 0 radical (unpaired) electrons. The molecule has 17 heavy (non-hydrogen) atoms. The van der Waals surface area contributed by atoms with Gasteiger partial charge in [-0.1, -0.05) is 19.1 Å². The van der Waals surface area contributed by atoms with Crippen LogP contribution in [0.1, 0.15) is 30.4 Å². The molecule has 0 saturated carbocycles. The van der Waals surface area contributed by atoms with Crippen molar-refractivity contribution in [2.24, 2.45) is 0 Å². The van der Waals surface area contributed by atoms with E-state index in [2.05, 4.69) is 0 Å². The first kappa shape index (κ1) is 13.2. The maximum Gasteiger partial charge on any atom is 0.416 e. The lowest BCUT2D eigenvalue weighted by molar-refractivity contribution is -0.137. The molecular weight excluding hydrogens is 231 g/mol. The van der Waals surface area contributed by atoms with E-state index in [4.69, 9.17) is 5.26 Å². The van der Waals surface area contributed by atoms with Crippen molar-refractivity contribution >= 4 is 5.78 Å². The van der Waals surface area contributed by atoms with Crippen LogP contribution in [0.5, 0.6) is 0 Å². The summed E-state index contributed by atoms with van der Waals surface area (Å²) in [7, 11) is 0. The van der Waals surface area contributed by atoms with Crippen molar-refractivity contribution in [1.82, 2.24) is 0 Å². The van der Waals surface area contributed by atoms with E-state index in [-0.39, 0.29) is 12.2 Å². The fraction of sp³-hybridized carbons (Fsp3) is 0.333. The van der Waals surface area contributed by atoms with Crippen molar-refractivity contribution in [3.05, 3.63) is 35.4 Å². The van der Waals surface area contributed by atoms with Gasteiger partial charge >= 0.3 is 6.18 Å². The Labute approximate surface area is 96.7 Å². The minimum Gasteiger partial charge on any atom is -0.298 e. The zero-order valence-corrected chi connectivity index (χ0v) is 9.08. The van der Waals surface area contributed by atoms with Crippen LogP contribution in [0, 0.1) is 11.3 Å². The van der Waals surface area contributed by atoms with Gasteiger partial charge < -0.3 is 0 Å². The van der Waals surface area contributed by atoms with Crippen LogP contribution in [-0.4, -0.2) is 5.78 Å². The van der Waals surface area contributed by atoms with Gasteiger partial charge in [0.2, 0.25) is 0 Å². The summed E-state index contributed by atoms with van der Waals surface area (Å²) in [6, 6.07) is 5.89. The third-order valence-electron chi connectivity index (χ3n) is 2.37. The third kappa shape index (κ3) is 3.06. The third-order valence-corrected chi connectivity index (χ3v) is 2.37. The highest BCUT2D eigenvalue weighted by Gasteiger charge is 2.30. The predicted octanol–water partition coefficient (Wildman–Crippen LogP) is 3.29. The minimum atomic E-state index is -4.41. The molecule has 0 bridgehead atoms. The highest BCUT2D eigenvalue weighted by atomic mass is 19.4. The second-order valence-electron chi connectivity index (χ2n) is 3.50. The molecule has 1 rings (SSSR count). The summed E-state index contributed by atoms with van der Waals surface area (Å²) in [5, 5.41) is 8.82. The quantitative estimate of drug-likeness (QED) is 0.814. The lowest BCUT2D eigenvalue weighted by Gasteiger charge is -2.10. The van der Waals surface area contributed by atoms with Crippen LogP contribution in [0.4, 0.5) is 13.2 Å². The van der Waals surface area contributed by atoms with E-state index in [1.54, 1.807) is 13.0 Å². The monoisotopic (exact) mass is 241 g/mol. The van der Waals surface area contributed by atoms with E-state index in [1.807, 2.05) is 0 Å². The Morgan fingerprint density at radius 1 is 1.35 bits per heavy atom. The van der Waals surface area contributed by atoms with Crippen LogP contribution in [0.2, 0.25) is 0 Å². The average molecular weight is 241 g/mol. The summed E-state index contributed by atoms with van der Waals surface area (Å²) < 4.78 is 36.9. The largest absolute Gasteiger partial charge is 0.416 e. The number of ketones is 1. The first-order chi connectivity index (χ1) is 7.90. The van der Waals surface area contributed by atoms with Gasteiger partial charge in [0.15, 0.2) is 5.78 Å². The SMILES string of the molecule is CCC(=O)[C@H](C#N)c1ccc(C(F)(F)F)cc1. The second kappa shape index (κ2) is 5.00. The fourth-order valence-electron chi connectivity index (χ4n) is 1.40. The van der Waals surface area contributed by atoms with E-state index in [1.165, 1.54) is 12.1 Å². The number of nitriles is 1. The van der Waals surface area contributed by atoms with Gasteiger partial charge in [-0.15, -0.1) is 0 Å². The van der Waals surface area contributed by atoms with Crippen molar-refractivity contribution in [3.8, 4) is 6.07 Å². The van der Waals surface area contributed by atoms with E-state index >= 15 is 0 Å². The fourth-order valence-corrected chi connectivity index (χ4v) is 1.40. The zero-order valence-electron chi connectivity index (χ0n) is 9.08. The topological polar surface area (TPSA) is 40.9 Å². The molecule has 1 aromatic rings. The molecule has 2 nitrogen and oxygen atoms in total. The Bertz CT molecular complexity index is 442. The van der Waals surface area contributed by atoms with Crippen molar-refractivity contribution in [1.29, 1.82) is 5.26 Å². The van der Waals surface area contributed by atoms with Crippen LogP contribution in [0.15, 0.2) is 24.3 Å². The molecule has 90 valence electrons. The molecule has 1 atom stereocenters. The number of halogens is 3. The molecule has 0 heterocycles. The highest BCUT2D eigenvalue weighted by molar-refractivity contribution is 5.88. The molecule has 0 spiro atoms. The lowest BCUT2D eigenvalue weighted by Crippen LogP contribution is -2.10. The maximum absolute atomic E-state index is 12.3. The summed E-state index contributed by atoms with van der Waals surface area (Å²) in [6.45, 7) is 1.61. The van der Waals surface area contributed by atoms with Crippen molar-refractivity contribution < 1.29 is 18.0 Å². The van der Waals surface area contributed by atoms with Gasteiger partial charge in [-0.25, -0.2) is 0 Å². The first-order valence-electron chi connectivity index (χ1n) is 4.99. The summed E-state index contributed by atoms with van der Waals surface area (Å²) >= 11 is 0. The Morgan fingerprint density at radius 3 is 2.24 bits per heavy atom. The van der Waals surface area contributed by atoms with Crippen LogP contribution < -0.4 is 0 Å². The summed E-state index contributed by atoms with van der Waals surface area (Å²) in [4.78, 5) is 11.4. The number of benzene rings is 1. The Kier molecular flexibility index (Phi) is 3.89. The Balaban J connectivity index is 3.02. The molecule has 5 heteroatoms. The second-order valence-corrected chi connectivity index (χ2v) is 3.50. The van der Waals surface area contributed by atoms with Gasteiger partial charge in [-0.3, -0.25) is 4.79 Å². The highest BCUT2D eigenvalue weighted by Crippen LogP contribution is 2.30. The van der Waals surface area contributed by atoms with Crippen molar-refractivity contribution in [3.63, 3.8) is 0 Å². The standard InChI is InChI=1S/C12H10F3NO/c1-2-11(17)10(7-16)8-3-5-9(6-4-8)12(13,14)15/h3-6,10H,2H2,1H3/t10-/m1/s1. The van der Waals surface area contributed by atoms with Gasteiger partial charge in [0.05, 0.1) is 11.6 Å². The molecule has 0 N–H and O–H groups in total. The van der Waals surface area contributed by atoms with E-state index in [0.29, 0.717) is 5.56 Å². The number of Topliss-reactive ketones (excluding diaryl/α,β-unsaturated/α-hetero) is 1. The molecule has 0 amide bonds. The van der Waals surface area contributed by atoms with Crippen LogP contribution in [0.25, 0.3) is 0 Å². The summed E-state index contributed by atoms with van der Waals surface area (Å²) in [6.07, 6.45) is -4.23. The van der Waals surface area contributed by atoms with Crippen LogP contribution in [0.3, 0.4) is 0 Å². The molecule has 0 saturated heterocycles. The Morgan fingerprint density at radius 2 is 1.88 bits per heavy atom. The minimum absolute atomic E-state index is 0.180. The normalized spacial score (nSPS) is 12.9. The maximum atomic E-state index is 12.3. The average Bonchev–Trinajstić information content (AvgIpc) is 2.29. The molecule has 0 fully saturated rings. The zero-order chi connectivity index (χ0) is 13.1. The van der Waals surface area contributed by atoms with Gasteiger partial charge in [0, 0.05) is 6.42 Å². The number of hydrogen-bond donors (Lipinski definition) is 0. The predicted molar refractivity (Wildman–Crippen MR) is 55.1 cm³/mol. The summed E-state index contributed by atoms with van der Waals surface area (Å²) in [5.74, 6) is -1.28. The van der Waals surface area contributed by atoms with Gasteiger partial charge in [0.25, 0.3) is 0 Å². The summed E-state index contributed by atoms with van der Waals surface area (Å²) in [5.41, 5.74) is -0.491. The number of nitrogens with zero attached hydrogens (tertiary/aromatic N) is 1.